The minimum Gasteiger partial charge on any atom is -0.476 e. The van der Waals surface area contributed by atoms with Gasteiger partial charge in [0.25, 0.3) is 0 Å². The van der Waals surface area contributed by atoms with E-state index in [1.165, 1.54) is 11.3 Å². The molecule has 0 fully saturated rings. The van der Waals surface area contributed by atoms with Gasteiger partial charge in [-0.15, -0.1) is 11.3 Å². The number of hydrogen-bond acceptors (Lipinski definition) is 5. The number of nitriles is 1. The van der Waals surface area contributed by atoms with Crippen LogP contribution in [0.3, 0.4) is 0 Å². The van der Waals surface area contributed by atoms with E-state index in [1.54, 1.807) is 19.1 Å². The highest BCUT2D eigenvalue weighted by atomic mass is 35.5. The molecule has 7 heteroatoms. The standard InChI is InChI=1S/C21H18ClN3O2S/c1-14-19(20(26)27)24-21(28-14)25(13-17-6-8-18(22)9-7-17)11-10-15-2-4-16(12-23)5-3-15/h2-9H,10-11,13H2,1H3,(H,26,27). The molecule has 0 atom stereocenters. The summed E-state index contributed by atoms with van der Waals surface area (Å²) in [4.78, 5) is 18.5. The predicted molar refractivity (Wildman–Crippen MR) is 111 cm³/mol. The van der Waals surface area contributed by atoms with Crippen LogP contribution in [0.15, 0.2) is 48.5 Å². The number of aryl methyl sites for hydroxylation is 1. The Morgan fingerprint density at radius 3 is 2.39 bits per heavy atom. The van der Waals surface area contributed by atoms with Gasteiger partial charge in [0, 0.05) is 23.0 Å². The average Bonchev–Trinajstić information content (AvgIpc) is 3.09. The second-order valence-corrected chi connectivity index (χ2v) is 7.93. The molecular formula is C21H18ClN3O2S. The Labute approximate surface area is 172 Å². The molecule has 5 nitrogen and oxygen atoms in total. The maximum absolute atomic E-state index is 11.4. The van der Waals surface area contributed by atoms with Crippen molar-refractivity contribution in [2.24, 2.45) is 0 Å². The molecule has 0 spiro atoms. The molecule has 0 aliphatic carbocycles. The maximum atomic E-state index is 11.4. The summed E-state index contributed by atoms with van der Waals surface area (Å²) >= 11 is 7.36. The van der Waals surface area contributed by atoms with E-state index >= 15 is 0 Å². The molecule has 0 amide bonds. The summed E-state index contributed by atoms with van der Waals surface area (Å²) in [6, 6.07) is 17.2. The lowest BCUT2D eigenvalue weighted by Gasteiger charge is -2.22. The van der Waals surface area contributed by atoms with Crippen molar-refractivity contribution in [3.05, 3.63) is 80.8 Å². The Morgan fingerprint density at radius 1 is 1.18 bits per heavy atom. The maximum Gasteiger partial charge on any atom is 0.355 e. The highest BCUT2D eigenvalue weighted by Gasteiger charge is 2.18. The summed E-state index contributed by atoms with van der Waals surface area (Å²) in [5, 5.41) is 19.6. The molecule has 2 aromatic carbocycles. The number of nitrogens with zero attached hydrogens (tertiary/aromatic N) is 3. The Balaban J connectivity index is 1.82. The fourth-order valence-corrected chi connectivity index (χ4v) is 3.83. The minimum absolute atomic E-state index is 0.0967. The van der Waals surface area contributed by atoms with Crippen LogP contribution in [0, 0.1) is 18.3 Å². The first-order chi connectivity index (χ1) is 13.5. The largest absolute Gasteiger partial charge is 0.476 e. The van der Waals surface area contributed by atoms with Crippen LogP contribution in [0.25, 0.3) is 0 Å². The van der Waals surface area contributed by atoms with Crippen molar-refractivity contribution >= 4 is 34.0 Å². The average molecular weight is 412 g/mol. The number of aromatic carboxylic acids is 1. The fraction of sp³-hybridized carbons (Fsp3) is 0.190. The number of aromatic nitrogens is 1. The van der Waals surface area contributed by atoms with Crippen molar-refractivity contribution in [2.45, 2.75) is 19.9 Å². The van der Waals surface area contributed by atoms with E-state index in [0.29, 0.717) is 33.7 Å². The molecule has 28 heavy (non-hydrogen) atoms. The number of thiazole rings is 1. The van der Waals surface area contributed by atoms with Gasteiger partial charge in [-0.3, -0.25) is 0 Å². The van der Waals surface area contributed by atoms with E-state index in [-0.39, 0.29) is 5.69 Å². The molecule has 3 aromatic rings. The van der Waals surface area contributed by atoms with Crippen molar-refractivity contribution in [2.75, 3.05) is 11.4 Å². The second kappa shape index (κ2) is 8.87. The summed E-state index contributed by atoms with van der Waals surface area (Å²) in [5.41, 5.74) is 2.89. The number of carboxylic acid groups (broad SMARTS) is 1. The van der Waals surface area contributed by atoms with Crippen molar-refractivity contribution in [3.63, 3.8) is 0 Å². The second-order valence-electron chi connectivity index (χ2n) is 6.31. The molecule has 1 aromatic heterocycles. The summed E-state index contributed by atoms with van der Waals surface area (Å²) in [5.74, 6) is -1.02. The van der Waals surface area contributed by atoms with Gasteiger partial charge in [-0.2, -0.15) is 5.26 Å². The third-order valence-electron chi connectivity index (χ3n) is 4.30. The van der Waals surface area contributed by atoms with Gasteiger partial charge in [0.2, 0.25) is 0 Å². The Hall–Kier alpha value is -2.88. The van der Waals surface area contributed by atoms with Crippen LogP contribution >= 0.6 is 22.9 Å². The zero-order chi connectivity index (χ0) is 20.1. The number of anilines is 1. The molecule has 0 saturated heterocycles. The molecule has 3 rings (SSSR count). The zero-order valence-corrected chi connectivity index (χ0v) is 16.8. The van der Waals surface area contributed by atoms with Gasteiger partial charge in [-0.25, -0.2) is 9.78 Å². The lowest BCUT2D eigenvalue weighted by atomic mass is 10.1. The molecule has 142 valence electrons. The lowest BCUT2D eigenvalue weighted by Crippen LogP contribution is -2.25. The van der Waals surface area contributed by atoms with E-state index < -0.39 is 5.97 Å². The van der Waals surface area contributed by atoms with E-state index in [1.807, 2.05) is 36.4 Å². The number of benzene rings is 2. The molecule has 0 bridgehead atoms. The molecule has 0 unspecified atom stereocenters. The summed E-state index contributed by atoms with van der Waals surface area (Å²) in [7, 11) is 0. The molecule has 0 radical (unpaired) electrons. The van der Waals surface area contributed by atoms with Gasteiger partial charge in [0.1, 0.15) is 0 Å². The van der Waals surface area contributed by atoms with Gasteiger partial charge >= 0.3 is 5.97 Å². The van der Waals surface area contributed by atoms with Crippen LogP contribution in [-0.4, -0.2) is 22.6 Å². The van der Waals surface area contributed by atoms with Gasteiger partial charge < -0.3 is 10.0 Å². The number of rotatable bonds is 7. The van der Waals surface area contributed by atoms with Crippen LogP contribution in [0.2, 0.25) is 5.02 Å². The quantitative estimate of drug-likeness (QED) is 0.596. The number of carbonyl (C=O) groups is 1. The molecule has 1 heterocycles. The predicted octanol–water partition coefficient (Wildman–Crippen LogP) is 4.92. The minimum atomic E-state index is -1.02. The van der Waals surface area contributed by atoms with Gasteiger partial charge in [-0.05, 0) is 48.7 Å². The van der Waals surface area contributed by atoms with E-state index in [2.05, 4.69) is 16.0 Å². The van der Waals surface area contributed by atoms with Crippen LogP contribution < -0.4 is 4.90 Å². The Morgan fingerprint density at radius 2 is 1.82 bits per heavy atom. The SMILES string of the molecule is Cc1sc(N(CCc2ccc(C#N)cc2)Cc2ccc(Cl)cc2)nc1C(=O)O. The Bertz CT molecular complexity index is 1010. The third-order valence-corrected chi connectivity index (χ3v) is 5.58. The molecule has 0 saturated carbocycles. The topological polar surface area (TPSA) is 77.2 Å². The first-order valence-corrected chi connectivity index (χ1v) is 9.85. The highest BCUT2D eigenvalue weighted by Crippen LogP contribution is 2.27. The smallest absolute Gasteiger partial charge is 0.355 e. The summed E-state index contributed by atoms with van der Waals surface area (Å²) < 4.78 is 0. The summed E-state index contributed by atoms with van der Waals surface area (Å²) in [6.07, 6.45) is 0.750. The molecule has 0 aliphatic rings. The first-order valence-electron chi connectivity index (χ1n) is 8.65. The van der Waals surface area contributed by atoms with Gasteiger partial charge in [0.05, 0.1) is 11.6 Å². The lowest BCUT2D eigenvalue weighted by molar-refractivity contribution is 0.0690. The highest BCUT2D eigenvalue weighted by molar-refractivity contribution is 7.15. The molecular weight excluding hydrogens is 394 g/mol. The third kappa shape index (κ3) is 4.89. The van der Waals surface area contributed by atoms with Gasteiger partial charge in [0.15, 0.2) is 10.8 Å². The number of carboxylic acids is 1. The van der Waals surface area contributed by atoms with Crippen LogP contribution in [0.4, 0.5) is 5.13 Å². The van der Waals surface area contributed by atoms with E-state index in [0.717, 1.165) is 17.5 Å². The van der Waals surface area contributed by atoms with Crippen LogP contribution in [-0.2, 0) is 13.0 Å². The van der Waals surface area contributed by atoms with E-state index in [9.17, 15) is 9.90 Å². The molecule has 0 aliphatic heterocycles. The zero-order valence-electron chi connectivity index (χ0n) is 15.2. The van der Waals surface area contributed by atoms with Crippen molar-refractivity contribution in [3.8, 4) is 6.07 Å². The van der Waals surface area contributed by atoms with E-state index in [4.69, 9.17) is 16.9 Å². The van der Waals surface area contributed by atoms with Crippen molar-refractivity contribution in [1.29, 1.82) is 5.26 Å². The number of hydrogen-bond donors (Lipinski definition) is 1. The van der Waals surface area contributed by atoms with Crippen molar-refractivity contribution in [1.82, 2.24) is 4.98 Å². The van der Waals surface area contributed by atoms with Crippen molar-refractivity contribution < 1.29 is 9.90 Å². The monoisotopic (exact) mass is 411 g/mol. The number of halogens is 1. The normalized spacial score (nSPS) is 10.5. The molecule has 1 N–H and O–H groups in total. The van der Waals surface area contributed by atoms with Crippen LogP contribution in [0.5, 0.6) is 0 Å². The first kappa shape index (κ1) is 19.9. The fourth-order valence-electron chi connectivity index (χ4n) is 2.78. The summed E-state index contributed by atoms with van der Waals surface area (Å²) in [6.45, 7) is 3.03. The van der Waals surface area contributed by atoms with Gasteiger partial charge in [-0.1, -0.05) is 35.9 Å². The Kier molecular flexibility index (Phi) is 6.30. The van der Waals surface area contributed by atoms with Crippen LogP contribution in [0.1, 0.15) is 32.1 Å².